The van der Waals surface area contributed by atoms with E-state index in [0.29, 0.717) is 91.0 Å². The summed E-state index contributed by atoms with van der Waals surface area (Å²) in [7, 11) is 1.71. The van der Waals surface area contributed by atoms with Crippen molar-refractivity contribution in [1.29, 1.82) is 0 Å². The summed E-state index contributed by atoms with van der Waals surface area (Å²) < 4.78 is 41.7. The fourth-order valence-corrected chi connectivity index (χ4v) is 15.7. The first-order valence-corrected chi connectivity index (χ1v) is 28.7. The number of aliphatic hydroxyl groups excluding tert-OH is 2. The second kappa shape index (κ2) is 20.5. The molecule has 13 heteroatoms. The Hall–Kier alpha value is -5.72. The Morgan fingerprint density at radius 3 is 2.45 bits per heavy atom. The van der Waals surface area contributed by atoms with E-state index in [9.17, 15) is 25.5 Å². The van der Waals surface area contributed by atoms with Crippen LogP contribution >= 0.6 is 0 Å². The highest BCUT2D eigenvalue weighted by atomic mass is 16.5. The van der Waals surface area contributed by atoms with Crippen LogP contribution in [0.4, 0.5) is 0 Å². The Morgan fingerprint density at radius 2 is 1.61 bits per heavy atom. The van der Waals surface area contributed by atoms with Crippen molar-refractivity contribution >= 4 is 10.8 Å². The quantitative estimate of drug-likeness (QED) is 0.0519. The van der Waals surface area contributed by atoms with Crippen LogP contribution in [-0.2, 0) is 15.9 Å². The number of hydrogen-bond donors (Lipinski definition) is 7. The average molecular weight is 1050 g/mol. The molecule has 5 aromatic carbocycles. The van der Waals surface area contributed by atoms with Crippen LogP contribution in [-0.4, -0.2) is 94.6 Å². The molecule has 5 fully saturated rings. The third-order valence-electron chi connectivity index (χ3n) is 19.3. The van der Waals surface area contributed by atoms with Crippen molar-refractivity contribution in [1.82, 2.24) is 10.6 Å². The summed E-state index contributed by atoms with van der Waals surface area (Å²) in [5.41, 5.74) is 4.08. The number of phenols is 3. The van der Waals surface area contributed by atoms with Gasteiger partial charge in [0, 0.05) is 72.4 Å². The molecule has 1 saturated heterocycles. The molecule has 0 amide bonds. The van der Waals surface area contributed by atoms with E-state index >= 15 is 0 Å². The van der Waals surface area contributed by atoms with Crippen molar-refractivity contribution < 1.29 is 54.0 Å². The summed E-state index contributed by atoms with van der Waals surface area (Å²) in [4.78, 5) is 0. The molecule has 13 rings (SSSR count). The van der Waals surface area contributed by atoms with Gasteiger partial charge in [-0.05, 0) is 166 Å². The minimum absolute atomic E-state index is 0.0375. The van der Waals surface area contributed by atoms with Crippen LogP contribution in [0.3, 0.4) is 0 Å². The van der Waals surface area contributed by atoms with Gasteiger partial charge in [0.15, 0.2) is 0 Å². The fraction of sp³-hybridized carbons (Fsp3) is 0.531. The van der Waals surface area contributed by atoms with E-state index in [-0.39, 0.29) is 48.1 Å². The van der Waals surface area contributed by atoms with Crippen LogP contribution in [0.2, 0.25) is 0 Å². The molecule has 10 unspecified atom stereocenters. The summed E-state index contributed by atoms with van der Waals surface area (Å²) in [6.07, 6.45) is 12.4. The zero-order valence-electron chi connectivity index (χ0n) is 44.2. The van der Waals surface area contributed by atoms with Crippen LogP contribution < -0.4 is 29.6 Å². The number of hydrogen-bond acceptors (Lipinski definition) is 13. The lowest BCUT2D eigenvalue weighted by molar-refractivity contribution is -0.181. The van der Waals surface area contributed by atoms with Crippen LogP contribution in [0, 0.1) is 35.0 Å². The first-order valence-electron chi connectivity index (χ1n) is 28.7. The van der Waals surface area contributed by atoms with E-state index < -0.39 is 47.9 Å². The monoisotopic (exact) mass is 1050 g/mol. The van der Waals surface area contributed by atoms with E-state index in [1.807, 2.05) is 42.5 Å². The minimum atomic E-state index is -1.07. The minimum Gasteiger partial charge on any atom is -0.508 e. The van der Waals surface area contributed by atoms with Gasteiger partial charge >= 0.3 is 0 Å². The molecule has 0 aromatic heterocycles. The van der Waals surface area contributed by atoms with Crippen molar-refractivity contribution in [2.45, 2.75) is 157 Å². The summed E-state index contributed by atoms with van der Waals surface area (Å²) in [5.74, 6) is 8.66. The zero-order valence-corrected chi connectivity index (χ0v) is 44.2. The highest BCUT2D eigenvalue weighted by Gasteiger charge is 2.61. The maximum atomic E-state index is 13.5. The van der Waals surface area contributed by atoms with Gasteiger partial charge in [-0.25, -0.2) is 0 Å². The topological polar surface area (TPSA) is 181 Å². The van der Waals surface area contributed by atoms with Gasteiger partial charge in [0.25, 0.3) is 0 Å². The highest BCUT2D eigenvalue weighted by Crippen LogP contribution is 2.59. The summed E-state index contributed by atoms with van der Waals surface area (Å²) in [6.45, 7) is 1.44. The maximum absolute atomic E-state index is 13.5. The molecule has 4 aliphatic heterocycles. The van der Waals surface area contributed by atoms with Crippen molar-refractivity contribution in [3.63, 3.8) is 0 Å². The van der Waals surface area contributed by atoms with E-state index in [1.165, 1.54) is 32.1 Å². The second-order valence-electron chi connectivity index (χ2n) is 24.1. The predicted molar refractivity (Wildman–Crippen MR) is 291 cm³/mol. The average Bonchev–Trinajstić information content (AvgIpc) is 4.32. The van der Waals surface area contributed by atoms with Crippen molar-refractivity contribution in [3.05, 3.63) is 101 Å². The van der Waals surface area contributed by atoms with Gasteiger partial charge < -0.3 is 54.0 Å². The van der Waals surface area contributed by atoms with Crippen molar-refractivity contribution in [2.75, 3.05) is 33.5 Å². The third kappa shape index (κ3) is 9.44. The largest absolute Gasteiger partial charge is 0.508 e. The fourth-order valence-electron chi connectivity index (χ4n) is 15.7. The summed E-state index contributed by atoms with van der Waals surface area (Å²) in [5, 5.41) is 67.6. The smallest absolute Gasteiger partial charge is 0.149 e. The number of benzene rings is 5. The second-order valence-corrected chi connectivity index (χ2v) is 24.1. The molecule has 4 aliphatic carbocycles. The van der Waals surface area contributed by atoms with Crippen LogP contribution in [0.25, 0.3) is 21.9 Å². The molecule has 2 bridgehead atoms. The number of rotatable bonds is 10. The van der Waals surface area contributed by atoms with Gasteiger partial charge in [-0.1, -0.05) is 42.9 Å². The molecule has 10 atom stereocenters. The molecule has 4 saturated carbocycles. The predicted octanol–water partition coefficient (Wildman–Crippen LogP) is 10.4. The van der Waals surface area contributed by atoms with Crippen molar-refractivity contribution in [2.24, 2.45) is 23.2 Å². The molecule has 4 heterocycles. The zero-order chi connectivity index (χ0) is 52.5. The molecular formula is C64H74N2O11. The van der Waals surface area contributed by atoms with Gasteiger partial charge in [-0.2, -0.15) is 0 Å². The van der Waals surface area contributed by atoms with Gasteiger partial charge in [0.2, 0.25) is 0 Å². The molecular weight excluding hydrogens is 973 g/mol. The molecule has 7 N–H and O–H groups in total. The number of ether oxygens (including phenoxy) is 6. The Morgan fingerprint density at radius 1 is 0.779 bits per heavy atom. The standard InChI is InChI=1S/C64H74N2O11/c1-72-25-8-14-54-57(53-36-74-59-40(30-47(33-51(59)58(53)71)75-46-12-2-3-13-46)27-39-29-43(68)15-17-48(39)38-9-6-11-42(67)28-38)61-52-34-55(50-31-44(69)16-18-49(50)60(52)76-54)73-26-7-10-41-35-65-63(24-23-62(37-63)20-4-5-21-62)66-64(41)22-19-45(70)32-56(64)77-61/h6,9,11,15-18,28-31,33-34,41,45-46,53-54,56-58,61,65-71H,2-5,8,12-14,19-27,32,35-37H2,1H3. The Kier molecular flexibility index (Phi) is 13.5. The van der Waals surface area contributed by atoms with Gasteiger partial charge in [-0.15, -0.1) is 0 Å². The van der Waals surface area contributed by atoms with E-state index in [4.69, 9.17) is 28.4 Å². The molecule has 8 aliphatic rings. The van der Waals surface area contributed by atoms with E-state index in [1.54, 1.807) is 43.5 Å². The van der Waals surface area contributed by atoms with Gasteiger partial charge in [-0.3, -0.25) is 10.6 Å². The Bertz CT molecular complexity index is 3080. The molecule has 5 aromatic rings. The third-order valence-corrected chi connectivity index (χ3v) is 19.3. The van der Waals surface area contributed by atoms with Crippen molar-refractivity contribution in [3.8, 4) is 63.2 Å². The lowest BCUT2D eigenvalue weighted by atomic mass is 9.66. The number of phenolic OH excluding ortho intramolecular Hbond substituents is 3. The SMILES string of the molecule is COCCCC1Oc2c3cc(c4cc(O)ccc24)OCC#CC2CNC4(CCC5(CCCC5)C4)NC24CCC(O)CC4OC3C1C1COc2c(Cc3cc(O)ccc3-c3cccc(O)c3)cc(OC3CCCC3)cc2C1O. The van der Waals surface area contributed by atoms with Gasteiger partial charge in [0.05, 0.1) is 54.2 Å². The number of fused-ring (bicyclic) bond motifs is 5. The normalized spacial score (nSPS) is 31.2. The van der Waals surface area contributed by atoms with Crippen LogP contribution in [0.5, 0.6) is 40.2 Å². The summed E-state index contributed by atoms with van der Waals surface area (Å²) in [6, 6.07) is 23.7. The highest BCUT2D eigenvalue weighted by molar-refractivity contribution is 5.96. The summed E-state index contributed by atoms with van der Waals surface area (Å²) >= 11 is 0. The Labute approximate surface area is 451 Å². The van der Waals surface area contributed by atoms with E-state index in [0.717, 1.165) is 71.7 Å². The molecule has 406 valence electrons. The van der Waals surface area contributed by atoms with Crippen LogP contribution in [0.15, 0.2) is 78.9 Å². The molecule has 0 radical (unpaired) electrons. The lowest BCUT2D eigenvalue weighted by Gasteiger charge is -2.58. The van der Waals surface area contributed by atoms with Gasteiger partial charge in [0.1, 0.15) is 53.0 Å². The number of methoxy groups -OCH3 is 1. The van der Waals surface area contributed by atoms with Crippen LogP contribution in [0.1, 0.15) is 137 Å². The molecule has 77 heavy (non-hydrogen) atoms. The Balaban J connectivity index is 0.947. The number of aliphatic hydroxyl groups is 2. The first-order chi connectivity index (χ1) is 37.5. The maximum Gasteiger partial charge on any atom is 0.149 e. The molecule has 13 nitrogen and oxygen atoms in total. The molecule has 3 spiro atoms. The lowest BCUT2D eigenvalue weighted by Crippen LogP contribution is -2.77. The number of nitrogens with one attached hydrogen (secondary N) is 2. The first kappa shape index (κ1) is 50.8. The van der Waals surface area contributed by atoms with E-state index in [2.05, 4.69) is 22.5 Å². The number of aromatic hydroxyl groups is 3.